The molecule has 3 fully saturated rings. The molecule has 7 nitrogen and oxygen atoms in total. The summed E-state index contributed by atoms with van der Waals surface area (Å²) in [5, 5.41) is 6.00. The maximum atomic E-state index is 13.5. The van der Waals surface area contributed by atoms with Crippen LogP contribution in [0.4, 0.5) is 17.6 Å². The summed E-state index contributed by atoms with van der Waals surface area (Å²) in [6.45, 7) is -0.272. The summed E-state index contributed by atoms with van der Waals surface area (Å²) >= 11 is 5.64. The average molecular weight is 516 g/mol. The van der Waals surface area contributed by atoms with Crippen molar-refractivity contribution in [1.82, 2.24) is 15.6 Å². The van der Waals surface area contributed by atoms with E-state index in [1.54, 1.807) is 0 Å². The van der Waals surface area contributed by atoms with Crippen molar-refractivity contribution in [2.75, 3.05) is 6.61 Å². The Morgan fingerprint density at radius 2 is 1.63 bits per heavy atom. The molecule has 0 saturated heterocycles. The van der Waals surface area contributed by atoms with E-state index in [0.717, 1.165) is 18.3 Å². The van der Waals surface area contributed by atoms with Gasteiger partial charge in [0.05, 0.1) is 10.6 Å². The maximum absolute atomic E-state index is 13.5. The summed E-state index contributed by atoms with van der Waals surface area (Å²) in [5.41, 5.74) is -0.737. The average Bonchev–Trinajstić information content (AvgIpc) is 2.80. The Morgan fingerprint density at radius 3 is 2.17 bits per heavy atom. The van der Waals surface area contributed by atoms with E-state index < -0.39 is 35.0 Å². The van der Waals surface area contributed by atoms with Crippen molar-refractivity contribution < 1.29 is 36.6 Å². The molecule has 2 aromatic rings. The van der Waals surface area contributed by atoms with Crippen LogP contribution in [0.15, 0.2) is 36.5 Å². The molecule has 3 aliphatic rings. The maximum Gasteiger partial charge on any atom is 0.574 e. The van der Waals surface area contributed by atoms with Crippen molar-refractivity contribution in [3.63, 3.8) is 0 Å². The van der Waals surface area contributed by atoms with Gasteiger partial charge >= 0.3 is 6.36 Å². The van der Waals surface area contributed by atoms with E-state index in [1.165, 1.54) is 18.2 Å². The zero-order chi connectivity index (χ0) is 25.3. The van der Waals surface area contributed by atoms with Crippen LogP contribution in [-0.2, 0) is 4.79 Å². The lowest BCUT2D eigenvalue weighted by Gasteiger charge is -2.53. The molecule has 188 valence electrons. The van der Waals surface area contributed by atoms with Crippen molar-refractivity contribution in [3.05, 3.63) is 52.9 Å². The molecule has 0 unspecified atom stereocenters. The lowest BCUT2D eigenvalue weighted by atomic mass is 9.61. The number of rotatable bonds is 7. The number of pyridine rings is 1. The van der Waals surface area contributed by atoms with Gasteiger partial charge < -0.3 is 20.1 Å². The molecule has 3 aliphatic carbocycles. The second kappa shape index (κ2) is 9.52. The van der Waals surface area contributed by atoms with Gasteiger partial charge in [0.15, 0.2) is 6.61 Å². The van der Waals surface area contributed by atoms with Crippen LogP contribution in [0, 0.1) is 5.82 Å². The number of carbonyl (C=O) groups is 2. The van der Waals surface area contributed by atoms with Crippen LogP contribution in [0.2, 0.25) is 5.02 Å². The smallest absolute Gasteiger partial charge is 0.484 e. The molecule has 2 bridgehead atoms. The van der Waals surface area contributed by atoms with E-state index in [-0.39, 0.29) is 28.8 Å². The minimum absolute atomic E-state index is 0.0376. The molecule has 5 rings (SSSR count). The number of benzene rings is 1. The minimum Gasteiger partial charge on any atom is -0.484 e. The highest BCUT2D eigenvalue weighted by Crippen LogP contribution is 2.47. The molecule has 1 aromatic carbocycles. The number of fused-ring (bicyclic) bond motifs is 3. The van der Waals surface area contributed by atoms with Gasteiger partial charge in [-0.2, -0.15) is 0 Å². The SMILES string of the molecule is O=C(COc1ccc(Cl)c(F)c1)NC12CCC(NC(=O)c3ccc(OC(F)(F)F)nc3)(CC1)CC2. The zero-order valence-corrected chi connectivity index (χ0v) is 19.1. The number of carbonyl (C=O) groups excluding carboxylic acids is 2. The standard InChI is InChI=1S/C23H22ClF4N3O4/c24-16-3-2-15(11-17(16)25)34-13-18(32)30-21-5-8-22(9-6-21,10-7-21)31-20(33)14-1-4-19(29-12-14)35-23(26,27)28/h1-4,11-12H,5-10,13H2,(H,30,32)(H,31,33). The molecule has 12 heteroatoms. The van der Waals surface area contributed by atoms with Crippen LogP contribution >= 0.6 is 11.6 Å². The van der Waals surface area contributed by atoms with Gasteiger partial charge in [-0.15, -0.1) is 13.2 Å². The van der Waals surface area contributed by atoms with E-state index in [9.17, 15) is 27.2 Å². The molecule has 35 heavy (non-hydrogen) atoms. The van der Waals surface area contributed by atoms with Gasteiger partial charge in [-0.25, -0.2) is 9.37 Å². The number of alkyl halides is 3. The largest absolute Gasteiger partial charge is 0.574 e. The second-order valence-corrected chi connectivity index (χ2v) is 9.27. The van der Waals surface area contributed by atoms with E-state index in [4.69, 9.17) is 16.3 Å². The number of nitrogens with one attached hydrogen (secondary N) is 2. The predicted molar refractivity (Wildman–Crippen MR) is 117 cm³/mol. The molecule has 2 N–H and O–H groups in total. The van der Waals surface area contributed by atoms with Crippen LogP contribution in [0.3, 0.4) is 0 Å². The topological polar surface area (TPSA) is 89.6 Å². The van der Waals surface area contributed by atoms with Crippen molar-refractivity contribution in [2.24, 2.45) is 0 Å². The molecule has 1 heterocycles. The van der Waals surface area contributed by atoms with E-state index in [0.29, 0.717) is 38.5 Å². The first-order valence-electron chi connectivity index (χ1n) is 10.9. The molecular weight excluding hydrogens is 494 g/mol. The van der Waals surface area contributed by atoms with Crippen LogP contribution in [0.25, 0.3) is 0 Å². The molecule has 0 radical (unpaired) electrons. The number of hydrogen-bond donors (Lipinski definition) is 2. The Kier molecular flexibility index (Phi) is 6.81. The van der Waals surface area contributed by atoms with Crippen LogP contribution < -0.4 is 20.1 Å². The van der Waals surface area contributed by atoms with Crippen LogP contribution in [-0.4, -0.2) is 40.8 Å². The Bertz CT molecular complexity index is 1090. The fourth-order valence-corrected chi connectivity index (χ4v) is 4.73. The summed E-state index contributed by atoms with van der Waals surface area (Å²) in [5.74, 6) is -1.85. The van der Waals surface area contributed by atoms with Gasteiger partial charge in [-0.3, -0.25) is 9.59 Å². The molecule has 0 spiro atoms. The van der Waals surface area contributed by atoms with Crippen molar-refractivity contribution in [2.45, 2.75) is 56.0 Å². The molecular formula is C23H22ClF4N3O4. The number of ether oxygens (including phenoxy) is 2. The highest BCUT2D eigenvalue weighted by molar-refractivity contribution is 6.30. The number of nitrogens with zero attached hydrogens (tertiary/aromatic N) is 1. The Hall–Kier alpha value is -3.08. The number of amides is 2. The molecule has 1 aromatic heterocycles. The van der Waals surface area contributed by atoms with Gasteiger partial charge in [0, 0.05) is 29.4 Å². The molecule has 3 saturated carbocycles. The van der Waals surface area contributed by atoms with E-state index >= 15 is 0 Å². The summed E-state index contributed by atoms with van der Waals surface area (Å²) < 4.78 is 59.4. The number of halogens is 5. The Morgan fingerprint density at radius 1 is 1.00 bits per heavy atom. The first-order chi connectivity index (χ1) is 16.5. The van der Waals surface area contributed by atoms with Crippen molar-refractivity contribution in [1.29, 1.82) is 0 Å². The lowest BCUT2D eigenvalue weighted by molar-refractivity contribution is -0.276. The Balaban J connectivity index is 1.28. The van der Waals surface area contributed by atoms with E-state index in [2.05, 4.69) is 20.4 Å². The van der Waals surface area contributed by atoms with Gasteiger partial charge in [-0.1, -0.05) is 11.6 Å². The van der Waals surface area contributed by atoms with Gasteiger partial charge in [0.2, 0.25) is 5.88 Å². The quantitative estimate of drug-likeness (QED) is 0.528. The fourth-order valence-electron chi connectivity index (χ4n) is 4.61. The van der Waals surface area contributed by atoms with Gasteiger partial charge in [-0.05, 0) is 56.7 Å². The molecule has 0 aliphatic heterocycles. The highest BCUT2D eigenvalue weighted by atomic mass is 35.5. The first-order valence-corrected chi connectivity index (χ1v) is 11.3. The molecule has 0 atom stereocenters. The van der Waals surface area contributed by atoms with Gasteiger partial charge in [0.1, 0.15) is 11.6 Å². The highest BCUT2D eigenvalue weighted by Gasteiger charge is 2.50. The third-order valence-electron chi connectivity index (χ3n) is 6.51. The monoisotopic (exact) mass is 515 g/mol. The minimum atomic E-state index is -4.86. The van der Waals surface area contributed by atoms with Crippen LogP contribution in [0.5, 0.6) is 11.6 Å². The fraction of sp³-hybridized carbons (Fsp3) is 0.435. The summed E-state index contributed by atoms with van der Waals surface area (Å²) in [7, 11) is 0. The Labute approximate surface area is 203 Å². The normalized spacial score (nSPS) is 23.5. The van der Waals surface area contributed by atoms with Crippen molar-refractivity contribution in [3.8, 4) is 11.6 Å². The number of hydrogen-bond acceptors (Lipinski definition) is 5. The van der Waals surface area contributed by atoms with Gasteiger partial charge in [0.25, 0.3) is 11.8 Å². The summed E-state index contributed by atoms with van der Waals surface area (Å²) in [6, 6.07) is 6.14. The number of aromatic nitrogens is 1. The van der Waals surface area contributed by atoms with E-state index in [1.807, 2.05) is 0 Å². The summed E-state index contributed by atoms with van der Waals surface area (Å²) in [6.07, 6.45) is 0.0000338. The predicted octanol–water partition coefficient (Wildman–Crippen LogP) is 4.54. The zero-order valence-electron chi connectivity index (χ0n) is 18.4. The summed E-state index contributed by atoms with van der Waals surface area (Å²) in [4.78, 5) is 28.7. The second-order valence-electron chi connectivity index (χ2n) is 8.86. The first kappa shape index (κ1) is 25.0. The third-order valence-corrected chi connectivity index (χ3v) is 6.82. The van der Waals surface area contributed by atoms with Crippen molar-refractivity contribution >= 4 is 23.4 Å². The lowest BCUT2D eigenvalue weighted by Crippen LogP contribution is -2.64. The third kappa shape index (κ3) is 6.14. The van der Waals surface area contributed by atoms with Crippen LogP contribution in [0.1, 0.15) is 48.9 Å². The molecule has 2 amide bonds.